The fourth-order valence-electron chi connectivity index (χ4n) is 1.17. The Morgan fingerprint density at radius 2 is 2.14 bits per heavy atom. The highest BCUT2D eigenvalue weighted by Gasteiger charge is 2.17. The van der Waals surface area contributed by atoms with Crippen LogP contribution in [0.3, 0.4) is 0 Å². The van der Waals surface area contributed by atoms with Gasteiger partial charge in [0.25, 0.3) is 9.05 Å². The van der Waals surface area contributed by atoms with Crippen LogP contribution in [-0.2, 0) is 9.05 Å². The number of nitrogens with one attached hydrogen (secondary N) is 1. The lowest BCUT2D eigenvalue weighted by atomic mass is 10.3. The summed E-state index contributed by atoms with van der Waals surface area (Å²) in [7, 11) is 1.50. The predicted molar refractivity (Wildman–Crippen MR) is 56.8 cm³/mol. The minimum Gasteiger partial charge on any atom is -0.344 e. The zero-order valence-corrected chi connectivity index (χ0v) is 9.82. The van der Waals surface area contributed by atoms with Crippen molar-refractivity contribution in [3.8, 4) is 0 Å². The number of rotatable bonds is 1. The van der Waals surface area contributed by atoms with E-state index in [1.165, 1.54) is 12.4 Å². The number of H-pyrrole nitrogens is 1. The SMILES string of the molecule is O=S(=O)(Cl)c1ccc(Br)c2[nH]cnc12. The van der Waals surface area contributed by atoms with Gasteiger partial charge in [-0.05, 0) is 28.1 Å². The molecule has 0 spiro atoms. The fraction of sp³-hybridized carbons (Fsp3) is 0. The molecule has 0 aliphatic rings. The molecule has 7 heteroatoms. The van der Waals surface area contributed by atoms with Gasteiger partial charge in [-0.3, -0.25) is 0 Å². The van der Waals surface area contributed by atoms with Crippen molar-refractivity contribution < 1.29 is 8.42 Å². The molecule has 14 heavy (non-hydrogen) atoms. The van der Waals surface area contributed by atoms with Gasteiger partial charge in [-0.15, -0.1) is 0 Å². The molecule has 2 aromatic rings. The predicted octanol–water partition coefficient (Wildman–Crippen LogP) is 2.25. The van der Waals surface area contributed by atoms with Crippen LogP contribution in [0, 0.1) is 0 Å². The standard InChI is InChI=1S/C7H4BrClN2O2S/c8-4-1-2-5(14(9,12)13)7-6(4)10-3-11-7/h1-3H,(H,10,11). The second kappa shape index (κ2) is 3.22. The van der Waals surface area contributed by atoms with Crippen molar-refractivity contribution in [2.24, 2.45) is 0 Å². The van der Waals surface area contributed by atoms with Gasteiger partial charge in [-0.25, -0.2) is 13.4 Å². The van der Waals surface area contributed by atoms with E-state index in [4.69, 9.17) is 10.7 Å². The molecule has 1 aromatic heterocycles. The molecule has 4 nitrogen and oxygen atoms in total. The van der Waals surface area contributed by atoms with Crippen LogP contribution in [0.4, 0.5) is 0 Å². The first-order valence-electron chi connectivity index (χ1n) is 3.56. The lowest BCUT2D eigenvalue weighted by Crippen LogP contribution is -1.92. The van der Waals surface area contributed by atoms with Crippen molar-refractivity contribution in [3.05, 3.63) is 22.9 Å². The largest absolute Gasteiger partial charge is 0.344 e. The van der Waals surface area contributed by atoms with Crippen LogP contribution < -0.4 is 0 Å². The Kier molecular flexibility index (Phi) is 2.29. The van der Waals surface area contributed by atoms with Crippen LogP contribution in [0.5, 0.6) is 0 Å². The van der Waals surface area contributed by atoms with E-state index in [0.29, 0.717) is 11.0 Å². The highest BCUT2D eigenvalue weighted by Crippen LogP contribution is 2.28. The maximum Gasteiger partial charge on any atom is 0.263 e. The van der Waals surface area contributed by atoms with Gasteiger partial charge in [0.15, 0.2) is 0 Å². The zero-order valence-electron chi connectivity index (χ0n) is 6.66. The molecule has 0 bridgehead atoms. The third-order valence-corrected chi connectivity index (χ3v) is 3.77. The molecule has 0 saturated heterocycles. The lowest BCUT2D eigenvalue weighted by Gasteiger charge is -1.98. The average molecular weight is 296 g/mol. The van der Waals surface area contributed by atoms with Crippen molar-refractivity contribution in [1.82, 2.24) is 9.97 Å². The van der Waals surface area contributed by atoms with Gasteiger partial charge in [-0.2, -0.15) is 0 Å². The first-order chi connectivity index (χ1) is 6.50. The van der Waals surface area contributed by atoms with Crippen molar-refractivity contribution in [1.29, 1.82) is 0 Å². The molecular weight excluding hydrogens is 292 g/mol. The highest BCUT2D eigenvalue weighted by atomic mass is 79.9. The molecule has 0 saturated carbocycles. The van der Waals surface area contributed by atoms with Gasteiger partial charge in [0, 0.05) is 15.2 Å². The molecule has 2 rings (SSSR count). The fourth-order valence-corrected chi connectivity index (χ4v) is 2.60. The lowest BCUT2D eigenvalue weighted by molar-refractivity contribution is 0.610. The van der Waals surface area contributed by atoms with Crippen LogP contribution in [0.15, 0.2) is 27.8 Å². The molecule has 0 unspecified atom stereocenters. The van der Waals surface area contributed by atoms with Gasteiger partial charge < -0.3 is 4.98 Å². The van der Waals surface area contributed by atoms with E-state index in [0.717, 1.165) is 4.47 Å². The molecule has 1 aromatic carbocycles. The normalized spacial score (nSPS) is 12.1. The van der Waals surface area contributed by atoms with E-state index in [1.807, 2.05) is 0 Å². The number of aromatic amines is 1. The van der Waals surface area contributed by atoms with E-state index in [-0.39, 0.29) is 4.90 Å². The summed E-state index contributed by atoms with van der Waals surface area (Å²) in [5, 5.41) is 0. The summed E-state index contributed by atoms with van der Waals surface area (Å²) in [5.74, 6) is 0. The second-order valence-electron chi connectivity index (χ2n) is 2.61. The Morgan fingerprint density at radius 1 is 1.43 bits per heavy atom. The van der Waals surface area contributed by atoms with Crippen LogP contribution in [0.1, 0.15) is 0 Å². The summed E-state index contributed by atoms with van der Waals surface area (Å²) in [4.78, 5) is 6.73. The van der Waals surface area contributed by atoms with Crippen molar-refractivity contribution >= 4 is 46.7 Å². The maximum atomic E-state index is 11.2. The maximum absolute atomic E-state index is 11.2. The summed E-state index contributed by atoms with van der Waals surface area (Å²) in [6, 6.07) is 3.02. The van der Waals surface area contributed by atoms with Gasteiger partial charge in [0.05, 0.1) is 11.8 Å². The van der Waals surface area contributed by atoms with Crippen LogP contribution in [0.2, 0.25) is 0 Å². The quantitative estimate of drug-likeness (QED) is 0.821. The molecular formula is C7H4BrClN2O2S. The monoisotopic (exact) mass is 294 g/mol. The van der Waals surface area contributed by atoms with E-state index >= 15 is 0 Å². The third-order valence-electron chi connectivity index (χ3n) is 1.76. The molecule has 1 heterocycles. The van der Waals surface area contributed by atoms with Gasteiger partial charge in [0.1, 0.15) is 10.4 Å². The van der Waals surface area contributed by atoms with Crippen molar-refractivity contribution in [2.75, 3.05) is 0 Å². The number of fused-ring (bicyclic) bond motifs is 1. The Bertz CT molecular complexity index is 593. The van der Waals surface area contributed by atoms with Gasteiger partial charge in [-0.1, -0.05) is 0 Å². The summed E-state index contributed by atoms with van der Waals surface area (Å²) >= 11 is 3.27. The third kappa shape index (κ3) is 1.53. The van der Waals surface area contributed by atoms with E-state index in [2.05, 4.69) is 25.9 Å². The number of imidazole rings is 1. The molecule has 0 aliphatic carbocycles. The highest BCUT2D eigenvalue weighted by molar-refractivity contribution is 9.10. The molecule has 0 atom stereocenters. The van der Waals surface area contributed by atoms with Gasteiger partial charge >= 0.3 is 0 Å². The first kappa shape index (κ1) is 9.95. The van der Waals surface area contributed by atoms with Gasteiger partial charge in [0.2, 0.25) is 0 Å². The molecule has 0 fully saturated rings. The zero-order chi connectivity index (χ0) is 10.3. The summed E-state index contributed by atoms with van der Waals surface area (Å²) in [6.45, 7) is 0. The molecule has 0 radical (unpaired) electrons. The number of aromatic nitrogens is 2. The Labute approximate surface area is 92.8 Å². The van der Waals surface area contributed by atoms with Crippen LogP contribution in [0.25, 0.3) is 11.0 Å². The smallest absolute Gasteiger partial charge is 0.263 e. The molecule has 74 valence electrons. The van der Waals surface area contributed by atoms with E-state index < -0.39 is 9.05 Å². The number of hydrogen-bond donors (Lipinski definition) is 1. The van der Waals surface area contributed by atoms with Crippen molar-refractivity contribution in [2.45, 2.75) is 4.90 Å². The molecule has 0 aliphatic heterocycles. The number of hydrogen-bond acceptors (Lipinski definition) is 3. The summed E-state index contributed by atoms with van der Waals surface area (Å²) in [6.07, 6.45) is 1.42. The van der Waals surface area contributed by atoms with Crippen molar-refractivity contribution in [3.63, 3.8) is 0 Å². The van der Waals surface area contributed by atoms with Crippen LogP contribution in [-0.4, -0.2) is 18.4 Å². The Balaban J connectivity index is 2.93. The Morgan fingerprint density at radius 3 is 2.79 bits per heavy atom. The van der Waals surface area contributed by atoms with E-state index in [1.54, 1.807) is 6.07 Å². The average Bonchev–Trinajstić information content (AvgIpc) is 2.50. The number of benzene rings is 1. The Hall–Kier alpha value is -0.590. The topological polar surface area (TPSA) is 62.8 Å². The first-order valence-corrected chi connectivity index (χ1v) is 6.66. The minimum absolute atomic E-state index is 0.0126. The molecule has 0 amide bonds. The van der Waals surface area contributed by atoms with E-state index in [9.17, 15) is 8.42 Å². The number of halogens is 2. The summed E-state index contributed by atoms with van der Waals surface area (Å²) < 4.78 is 23.0. The summed E-state index contributed by atoms with van der Waals surface area (Å²) in [5.41, 5.74) is 0.959. The van der Waals surface area contributed by atoms with Crippen LogP contribution >= 0.6 is 26.6 Å². The molecule has 1 N–H and O–H groups in total. The number of nitrogens with zero attached hydrogens (tertiary/aromatic N) is 1. The second-order valence-corrected chi connectivity index (χ2v) is 6.00. The minimum atomic E-state index is -3.75.